The molecule has 0 atom stereocenters. The van der Waals surface area contributed by atoms with Gasteiger partial charge in [-0.3, -0.25) is 4.98 Å². The van der Waals surface area contributed by atoms with E-state index in [0.717, 1.165) is 33.4 Å². The van der Waals surface area contributed by atoms with Gasteiger partial charge in [-0.1, -0.05) is 73.3 Å². The van der Waals surface area contributed by atoms with Crippen molar-refractivity contribution in [2.24, 2.45) is 5.92 Å². The molecule has 0 saturated carbocycles. The van der Waals surface area contributed by atoms with Crippen LogP contribution in [-0.2, 0) is 32.4 Å². The van der Waals surface area contributed by atoms with E-state index in [0.29, 0.717) is 27.9 Å². The molecule has 1 radical (unpaired) electrons. The molecule has 6 aromatic rings. The van der Waals surface area contributed by atoms with Crippen molar-refractivity contribution in [1.29, 1.82) is 0 Å². The quantitative estimate of drug-likeness (QED) is 0.139. The van der Waals surface area contributed by atoms with Gasteiger partial charge < -0.3 is 4.98 Å². The summed E-state index contributed by atoms with van der Waals surface area (Å²) in [7, 11) is 0. The van der Waals surface area contributed by atoms with E-state index in [1.807, 2.05) is 24.3 Å². The van der Waals surface area contributed by atoms with Gasteiger partial charge in [0.15, 0.2) is 0 Å². The van der Waals surface area contributed by atoms with Crippen LogP contribution >= 0.6 is 0 Å². The molecule has 179 valence electrons. The molecule has 0 bridgehead atoms. The third kappa shape index (κ3) is 3.23. The van der Waals surface area contributed by atoms with Crippen molar-refractivity contribution < 1.29 is 28.9 Å². The fraction of sp³-hybridized carbons (Fsp3) is 0.161. The first-order chi connectivity index (χ1) is 16.9. The van der Waals surface area contributed by atoms with Crippen LogP contribution in [-0.4, -0.2) is 9.97 Å². The zero-order valence-corrected chi connectivity index (χ0v) is 22.1. The van der Waals surface area contributed by atoms with Crippen LogP contribution in [0.3, 0.4) is 0 Å². The summed E-state index contributed by atoms with van der Waals surface area (Å²) in [4.78, 5) is 8.98. The third-order valence-electron chi connectivity index (χ3n) is 7.08. The Kier molecular flexibility index (Phi) is 5.22. The monoisotopic (exact) mass is 652 g/mol. The topological polar surface area (TPSA) is 25.8 Å². The van der Waals surface area contributed by atoms with Gasteiger partial charge in [0.2, 0.25) is 0 Å². The van der Waals surface area contributed by atoms with E-state index < -0.39 is 5.92 Å². The Balaban J connectivity index is 0.00000240. The van der Waals surface area contributed by atoms with Crippen molar-refractivity contribution in [1.82, 2.24) is 9.97 Å². The maximum absolute atomic E-state index is 16.2. The van der Waals surface area contributed by atoms with Gasteiger partial charge in [0.25, 0.3) is 5.92 Å². The molecule has 7 rings (SSSR count). The van der Waals surface area contributed by atoms with Crippen molar-refractivity contribution in [3.8, 4) is 11.3 Å². The van der Waals surface area contributed by atoms with Gasteiger partial charge >= 0.3 is 0 Å². The summed E-state index contributed by atoms with van der Waals surface area (Å²) in [5.74, 6) is -2.76. The van der Waals surface area contributed by atoms with Gasteiger partial charge in [0, 0.05) is 43.3 Å². The van der Waals surface area contributed by atoms with E-state index in [9.17, 15) is 0 Å². The number of hydrogen-bond donors (Lipinski definition) is 0. The molecule has 2 nitrogen and oxygen atoms in total. The average Bonchev–Trinajstić information content (AvgIpc) is 2.85. The summed E-state index contributed by atoms with van der Waals surface area (Å²) >= 11 is 0. The van der Waals surface area contributed by atoms with Crippen LogP contribution in [0, 0.1) is 12.0 Å². The molecule has 0 fully saturated rings. The molecule has 0 saturated heterocycles. The van der Waals surface area contributed by atoms with Crippen LogP contribution < -0.4 is 0 Å². The van der Waals surface area contributed by atoms with Crippen LogP contribution in [0.1, 0.15) is 30.7 Å². The molecule has 1 aliphatic rings. The van der Waals surface area contributed by atoms with Crippen LogP contribution in [0.2, 0.25) is 0 Å². The fourth-order valence-corrected chi connectivity index (χ4v) is 5.56. The van der Waals surface area contributed by atoms with Gasteiger partial charge in [-0.05, 0) is 67.9 Å². The molecule has 2 aromatic heterocycles. The zero-order chi connectivity index (χ0) is 23.9. The predicted molar refractivity (Wildman–Crippen MR) is 138 cm³/mol. The van der Waals surface area contributed by atoms with E-state index in [1.54, 1.807) is 24.4 Å². The first-order valence-corrected chi connectivity index (χ1v) is 11.9. The van der Waals surface area contributed by atoms with Gasteiger partial charge in [-0.2, -0.15) is 0 Å². The third-order valence-corrected chi connectivity index (χ3v) is 7.08. The number of nitrogens with zero attached hydrogens (tertiary/aromatic N) is 2. The summed E-state index contributed by atoms with van der Waals surface area (Å²) in [6, 6.07) is 24.5. The summed E-state index contributed by atoms with van der Waals surface area (Å²) in [5.41, 5.74) is 2.21. The molecule has 0 aliphatic heterocycles. The molecule has 0 N–H and O–H groups in total. The van der Waals surface area contributed by atoms with Crippen molar-refractivity contribution in [3.63, 3.8) is 0 Å². The van der Waals surface area contributed by atoms with Crippen molar-refractivity contribution in [2.45, 2.75) is 26.2 Å². The second-order valence-corrected chi connectivity index (χ2v) is 9.87. The molecule has 5 heteroatoms. The van der Waals surface area contributed by atoms with Crippen LogP contribution in [0.5, 0.6) is 0 Å². The number of pyridine rings is 2. The average molecular weight is 652 g/mol. The number of rotatable bonds is 2. The van der Waals surface area contributed by atoms with E-state index in [2.05, 4.69) is 54.1 Å². The molecule has 2 heterocycles. The molecular weight excluding hydrogens is 631 g/mol. The minimum atomic E-state index is -3.27. The SMILES string of the molecule is CC(C)Cc1ccc2ccc3c4ccnc5c4c(cc3c2c1)C(F)(F)c1nc2ccccc2[c-]c1-5.[Ir]. The number of fused-ring (bicyclic) bond motifs is 7. The molecule has 36 heavy (non-hydrogen) atoms. The van der Waals surface area contributed by atoms with Crippen LogP contribution in [0.25, 0.3) is 54.5 Å². The number of alkyl halides is 2. The molecule has 4 aromatic carbocycles. The Labute approximate surface area is 220 Å². The minimum absolute atomic E-state index is 0. The van der Waals surface area contributed by atoms with Crippen molar-refractivity contribution in [2.75, 3.05) is 0 Å². The molecule has 0 amide bonds. The van der Waals surface area contributed by atoms with E-state index in [4.69, 9.17) is 0 Å². The summed E-state index contributed by atoms with van der Waals surface area (Å²) in [6.45, 7) is 4.37. The van der Waals surface area contributed by atoms with Crippen LogP contribution in [0.15, 0.2) is 72.9 Å². The Morgan fingerprint density at radius 1 is 0.889 bits per heavy atom. The molecule has 0 spiro atoms. The largest absolute Gasteiger partial charge is 0.323 e. The van der Waals surface area contributed by atoms with E-state index in [1.165, 1.54) is 5.56 Å². The van der Waals surface area contributed by atoms with E-state index >= 15 is 8.78 Å². The first-order valence-electron chi connectivity index (χ1n) is 11.9. The predicted octanol–water partition coefficient (Wildman–Crippen LogP) is 8.21. The molecule has 1 aliphatic carbocycles. The fourth-order valence-electron chi connectivity index (χ4n) is 5.56. The van der Waals surface area contributed by atoms with Gasteiger partial charge in [-0.15, -0.1) is 12.1 Å². The second kappa shape index (κ2) is 8.12. The summed E-state index contributed by atoms with van der Waals surface area (Å²) < 4.78 is 32.5. The number of halogens is 2. The minimum Gasteiger partial charge on any atom is -0.323 e. The number of hydrogen-bond acceptors (Lipinski definition) is 2. The Hall–Kier alpha value is -3.27. The molecular formula is C31H21F2IrN2-. The Morgan fingerprint density at radius 2 is 1.69 bits per heavy atom. The summed E-state index contributed by atoms with van der Waals surface area (Å²) in [5, 5.41) is 5.80. The smallest absolute Gasteiger partial charge is 0.289 e. The standard InChI is InChI=1S/C31H21F2N2.Ir/c1-17(2)13-18-7-8-19-9-10-21-22-11-12-34-29-25-15-20-5-3-4-6-27(20)35-30(25)31(32,33)26(28(22)29)16-24(21)23(19)14-18;/h3-12,14,16-17H,13H2,1-2H3;/q-1;. The van der Waals surface area contributed by atoms with Crippen molar-refractivity contribution >= 4 is 43.2 Å². The second-order valence-electron chi connectivity index (χ2n) is 9.87. The Bertz CT molecular complexity index is 1840. The van der Waals surface area contributed by atoms with E-state index in [-0.39, 0.29) is 36.9 Å². The Morgan fingerprint density at radius 3 is 2.53 bits per heavy atom. The molecule has 0 unspecified atom stereocenters. The van der Waals surface area contributed by atoms with Crippen LogP contribution in [0.4, 0.5) is 8.78 Å². The van der Waals surface area contributed by atoms with Gasteiger partial charge in [0.1, 0.15) is 0 Å². The maximum atomic E-state index is 16.2. The number of benzene rings is 4. The first kappa shape index (κ1) is 23.1. The zero-order valence-electron chi connectivity index (χ0n) is 19.7. The maximum Gasteiger partial charge on any atom is 0.289 e. The van der Waals surface area contributed by atoms with Gasteiger partial charge in [0.05, 0.1) is 0 Å². The van der Waals surface area contributed by atoms with Gasteiger partial charge in [-0.25, -0.2) is 8.78 Å². The number of aromatic nitrogens is 2. The number of para-hydroxylation sites is 1. The summed E-state index contributed by atoms with van der Waals surface area (Å²) in [6.07, 6.45) is 2.65. The van der Waals surface area contributed by atoms with Crippen molar-refractivity contribution in [3.05, 3.63) is 95.8 Å². The normalized spacial score (nSPS) is 13.9.